The van der Waals surface area contributed by atoms with E-state index < -0.39 is 0 Å². The topological polar surface area (TPSA) is 24.9 Å². The number of halogens is 1. The van der Waals surface area contributed by atoms with Gasteiger partial charge in [-0.05, 0) is 18.6 Å². The zero-order valence-electron chi connectivity index (χ0n) is 7.13. The van der Waals surface area contributed by atoms with Gasteiger partial charge < -0.3 is 5.32 Å². The molecule has 1 atom stereocenters. The molecule has 0 aliphatic rings. The first kappa shape index (κ1) is 9.68. The molecule has 66 valence electrons. The summed E-state index contributed by atoms with van der Waals surface area (Å²) >= 11 is 3.41. The minimum absolute atomic E-state index is 0.505. The first-order valence-corrected chi connectivity index (χ1v) is 5.13. The molecular formula is C9H13BrN2. The largest absolute Gasteiger partial charge is 0.309 e. The van der Waals surface area contributed by atoms with Gasteiger partial charge in [0, 0.05) is 30.3 Å². The first-order valence-electron chi connectivity index (χ1n) is 4.01. The number of alkyl halides is 1. The van der Waals surface area contributed by atoms with Gasteiger partial charge in [0.15, 0.2) is 0 Å². The van der Waals surface area contributed by atoms with Crippen molar-refractivity contribution in [2.45, 2.75) is 19.5 Å². The van der Waals surface area contributed by atoms with Crippen LogP contribution in [0.15, 0.2) is 24.5 Å². The van der Waals surface area contributed by atoms with Gasteiger partial charge in [0.05, 0.1) is 0 Å². The number of hydrogen-bond donors (Lipinski definition) is 1. The van der Waals surface area contributed by atoms with Crippen molar-refractivity contribution in [3.8, 4) is 0 Å². The molecule has 0 amide bonds. The van der Waals surface area contributed by atoms with Crippen molar-refractivity contribution in [1.29, 1.82) is 0 Å². The minimum Gasteiger partial charge on any atom is -0.309 e. The second kappa shape index (κ2) is 5.27. The Morgan fingerprint density at radius 2 is 2.50 bits per heavy atom. The van der Waals surface area contributed by atoms with E-state index in [0.29, 0.717) is 6.04 Å². The van der Waals surface area contributed by atoms with Gasteiger partial charge in [-0.2, -0.15) is 0 Å². The standard InChI is InChI=1S/C9H13BrN2/c1-8(5-10)12-7-9-3-2-4-11-6-9/h2-4,6,8,12H,5,7H2,1H3. The van der Waals surface area contributed by atoms with Crippen LogP contribution in [0.4, 0.5) is 0 Å². The maximum Gasteiger partial charge on any atom is 0.0312 e. The highest BCUT2D eigenvalue weighted by atomic mass is 79.9. The summed E-state index contributed by atoms with van der Waals surface area (Å²) in [6, 6.07) is 4.53. The molecule has 1 heterocycles. The van der Waals surface area contributed by atoms with Gasteiger partial charge in [-0.25, -0.2) is 0 Å². The molecule has 0 radical (unpaired) electrons. The Hall–Kier alpha value is -0.410. The molecule has 0 fully saturated rings. The van der Waals surface area contributed by atoms with Crippen molar-refractivity contribution in [2.75, 3.05) is 5.33 Å². The summed E-state index contributed by atoms with van der Waals surface area (Å²) in [5.41, 5.74) is 1.23. The maximum atomic E-state index is 4.04. The Morgan fingerprint density at radius 1 is 1.67 bits per heavy atom. The lowest BCUT2D eigenvalue weighted by molar-refractivity contribution is 0.597. The van der Waals surface area contributed by atoms with Gasteiger partial charge in [-0.3, -0.25) is 4.98 Å². The normalized spacial score (nSPS) is 12.8. The van der Waals surface area contributed by atoms with Crippen LogP contribution in [0.3, 0.4) is 0 Å². The Kier molecular flexibility index (Phi) is 4.25. The summed E-state index contributed by atoms with van der Waals surface area (Å²) in [5, 5.41) is 4.34. The van der Waals surface area contributed by atoms with Crippen molar-refractivity contribution in [2.24, 2.45) is 0 Å². The van der Waals surface area contributed by atoms with Crippen LogP contribution in [0.2, 0.25) is 0 Å². The van der Waals surface area contributed by atoms with E-state index in [9.17, 15) is 0 Å². The van der Waals surface area contributed by atoms with Gasteiger partial charge in [0.25, 0.3) is 0 Å². The second-order valence-corrected chi connectivity index (χ2v) is 3.45. The zero-order valence-corrected chi connectivity index (χ0v) is 8.71. The van der Waals surface area contributed by atoms with Crippen LogP contribution in [-0.4, -0.2) is 16.4 Å². The molecule has 0 aliphatic heterocycles. The van der Waals surface area contributed by atoms with E-state index >= 15 is 0 Å². The van der Waals surface area contributed by atoms with E-state index in [4.69, 9.17) is 0 Å². The highest BCUT2D eigenvalue weighted by Gasteiger charge is 1.97. The molecule has 0 bridgehead atoms. The van der Waals surface area contributed by atoms with E-state index in [2.05, 4.69) is 39.2 Å². The summed E-state index contributed by atoms with van der Waals surface area (Å²) in [6.07, 6.45) is 3.67. The fourth-order valence-corrected chi connectivity index (χ4v) is 1.08. The Morgan fingerprint density at radius 3 is 3.08 bits per heavy atom. The molecule has 1 unspecified atom stereocenters. The molecule has 0 saturated heterocycles. The summed E-state index contributed by atoms with van der Waals surface area (Å²) < 4.78 is 0. The van der Waals surface area contributed by atoms with Crippen molar-refractivity contribution < 1.29 is 0 Å². The monoisotopic (exact) mass is 228 g/mol. The predicted molar refractivity (Wildman–Crippen MR) is 54.3 cm³/mol. The third-order valence-electron chi connectivity index (χ3n) is 1.61. The summed E-state index contributed by atoms with van der Waals surface area (Å²) in [4.78, 5) is 4.04. The van der Waals surface area contributed by atoms with Gasteiger partial charge in [0.2, 0.25) is 0 Å². The van der Waals surface area contributed by atoms with Crippen LogP contribution in [-0.2, 0) is 6.54 Å². The number of aromatic nitrogens is 1. The van der Waals surface area contributed by atoms with Crippen molar-refractivity contribution in [3.63, 3.8) is 0 Å². The second-order valence-electron chi connectivity index (χ2n) is 2.80. The molecule has 0 aromatic carbocycles. The van der Waals surface area contributed by atoms with Crippen LogP contribution in [0.1, 0.15) is 12.5 Å². The number of nitrogens with one attached hydrogen (secondary N) is 1. The molecule has 1 aromatic heterocycles. The molecule has 1 N–H and O–H groups in total. The number of hydrogen-bond acceptors (Lipinski definition) is 2. The van der Waals surface area contributed by atoms with Crippen molar-refractivity contribution >= 4 is 15.9 Å². The fraction of sp³-hybridized carbons (Fsp3) is 0.444. The fourth-order valence-electron chi connectivity index (χ4n) is 0.849. The third-order valence-corrected chi connectivity index (χ3v) is 2.58. The molecule has 12 heavy (non-hydrogen) atoms. The summed E-state index contributed by atoms with van der Waals surface area (Å²) in [5.74, 6) is 0. The molecule has 1 rings (SSSR count). The first-order chi connectivity index (χ1) is 5.83. The molecule has 0 saturated carbocycles. The zero-order chi connectivity index (χ0) is 8.81. The average Bonchev–Trinajstić information content (AvgIpc) is 2.16. The molecule has 3 heteroatoms. The SMILES string of the molecule is CC(CBr)NCc1cccnc1. The lowest BCUT2D eigenvalue weighted by Crippen LogP contribution is -2.26. The van der Waals surface area contributed by atoms with E-state index in [0.717, 1.165) is 11.9 Å². The Balaban J connectivity index is 2.33. The average molecular weight is 229 g/mol. The van der Waals surface area contributed by atoms with E-state index in [1.54, 1.807) is 6.20 Å². The third kappa shape index (κ3) is 3.32. The quantitative estimate of drug-likeness (QED) is 0.798. The van der Waals surface area contributed by atoms with Gasteiger partial charge in [-0.15, -0.1) is 0 Å². The molecule has 0 spiro atoms. The molecular weight excluding hydrogens is 216 g/mol. The van der Waals surface area contributed by atoms with Crippen LogP contribution in [0.5, 0.6) is 0 Å². The summed E-state index contributed by atoms with van der Waals surface area (Å²) in [7, 11) is 0. The van der Waals surface area contributed by atoms with Crippen molar-refractivity contribution in [1.82, 2.24) is 10.3 Å². The molecule has 1 aromatic rings. The van der Waals surface area contributed by atoms with Gasteiger partial charge in [0.1, 0.15) is 0 Å². The number of rotatable bonds is 4. The lowest BCUT2D eigenvalue weighted by atomic mass is 10.2. The minimum atomic E-state index is 0.505. The van der Waals surface area contributed by atoms with Gasteiger partial charge >= 0.3 is 0 Å². The lowest BCUT2D eigenvalue weighted by Gasteiger charge is -2.09. The van der Waals surface area contributed by atoms with E-state index in [1.165, 1.54) is 5.56 Å². The molecule has 2 nitrogen and oxygen atoms in total. The predicted octanol–water partition coefficient (Wildman–Crippen LogP) is 1.95. The van der Waals surface area contributed by atoms with Crippen LogP contribution in [0.25, 0.3) is 0 Å². The Labute approximate surface area is 81.5 Å². The summed E-state index contributed by atoms with van der Waals surface area (Å²) in [6.45, 7) is 3.03. The van der Waals surface area contributed by atoms with E-state index in [1.807, 2.05) is 12.3 Å². The van der Waals surface area contributed by atoms with Gasteiger partial charge in [-0.1, -0.05) is 22.0 Å². The van der Waals surface area contributed by atoms with Crippen LogP contribution in [0, 0.1) is 0 Å². The maximum absolute atomic E-state index is 4.04. The number of nitrogens with zero attached hydrogens (tertiary/aromatic N) is 1. The van der Waals surface area contributed by atoms with Crippen LogP contribution < -0.4 is 5.32 Å². The number of pyridine rings is 1. The van der Waals surface area contributed by atoms with Crippen molar-refractivity contribution in [3.05, 3.63) is 30.1 Å². The smallest absolute Gasteiger partial charge is 0.0312 e. The Bertz CT molecular complexity index is 213. The van der Waals surface area contributed by atoms with E-state index in [-0.39, 0.29) is 0 Å². The highest BCUT2D eigenvalue weighted by Crippen LogP contribution is 1.96. The molecule has 0 aliphatic carbocycles. The highest BCUT2D eigenvalue weighted by molar-refractivity contribution is 9.09. The van der Waals surface area contributed by atoms with Crippen LogP contribution >= 0.6 is 15.9 Å².